The van der Waals surface area contributed by atoms with Gasteiger partial charge in [-0.05, 0) is 53.3 Å². The SMILES string of the molecule is O=C([C@@H]1C[C@H]1c1ccccc1)N1CCN(C[C@H](OCc2ccc(C(F)(F)F)cc2)c2ccc(Cl)cc2)CC1. The minimum absolute atomic E-state index is 0.0813. The van der Waals surface area contributed by atoms with Crippen LogP contribution in [-0.2, 0) is 22.3 Å². The molecule has 0 N–H and O–H groups in total. The van der Waals surface area contributed by atoms with Crippen LogP contribution in [0.4, 0.5) is 13.2 Å². The molecule has 0 unspecified atom stereocenters. The van der Waals surface area contributed by atoms with E-state index in [9.17, 15) is 18.0 Å². The maximum absolute atomic E-state index is 13.1. The second-order valence-electron chi connectivity index (χ2n) is 10.0. The molecular weight excluding hydrogens is 513 g/mol. The number of ether oxygens (including phenoxy) is 1. The largest absolute Gasteiger partial charge is 0.416 e. The van der Waals surface area contributed by atoms with Gasteiger partial charge in [0, 0.05) is 43.7 Å². The van der Waals surface area contributed by atoms with Crippen molar-refractivity contribution in [2.24, 2.45) is 5.92 Å². The van der Waals surface area contributed by atoms with E-state index in [4.69, 9.17) is 16.3 Å². The van der Waals surface area contributed by atoms with Crippen LogP contribution in [0.25, 0.3) is 0 Å². The Hall–Kier alpha value is -2.87. The molecule has 4 nitrogen and oxygen atoms in total. The van der Waals surface area contributed by atoms with Crippen molar-refractivity contribution in [2.75, 3.05) is 32.7 Å². The Bertz CT molecular complexity index is 1210. The van der Waals surface area contributed by atoms with Gasteiger partial charge in [0.15, 0.2) is 0 Å². The zero-order valence-corrected chi connectivity index (χ0v) is 21.7. The monoisotopic (exact) mass is 542 g/mol. The maximum atomic E-state index is 13.1. The molecule has 2 fully saturated rings. The Morgan fingerprint density at radius 2 is 1.58 bits per heavy atom. The lowest BCUT2D eigenvalue weighted by molar-refractivity contribution is -0.137. The Labute approximate surface area is 226 Å². The average molecular weight is 543 g/mol. The first-order valence-electron chi connectivity index (χ1n) is 12.9. The molecule has 1 saturated carbocycles. The Balaban J connectivity index is 1.17. The number of piperazine rings is 1. The number of rotatable bonds is 8. The van der Waals surface area contributed by atoms with Crippen molar-refractivity contribution in [1.29, 1.82) is 0 Å². The molecule has 3 aromatic carbocycles. The van der Waals surface area contributed by atoms with Crippen LogP contribution in [0.5, 0.6) is 0 Å². The number of carbonyl (C=O) groups is 1. The summed E-state index contributed by atoms with van der Waals surface area (Å²) in [5.74, 6) is 0.652. The normalized spacial score (nSPS) is 20.8. The number of benzene rings is 3. The third kappa shape index (κ3) is 6.57. The van der Waals surface area contributed by atoms with Crippen molar-refractivity contribution in [3.63, 3.8) is 0 Å². The standard InChI is InChI=1S/C30H30ClF3N2O2/c31-25-12-8-23(9-13-25)28(38-20-21-6-10-24(11-7-21)30(32,33)34)19-35-14-16-36(17-15-35)29(37)27-18-26(27)22-4-2-1-3-5-22/h1-13,26-28H,14-20H2/t26-,27+,28-/m0/s1. The summed E-state index contributed by atoms with van der Waals surface area (Å²) >= 11 is 6.08. The van der Waals surface area contributed by atoms with Gasteiger partial charge in [0.25, 0.3) is 0 Å². The molecule has 200 valence electrons. The summed E-state index contributed by atoms with van der Waals surface area (Å²) in [7, 11) is 0. The second kappa shape index (κ2) is 11.5. The summed E-state index contributed by atoms with van der Waals surface area (Å²) in [6.45, 7) is 3.61. The van der Waals surface area contributed by atoms with Gasteiger partial charge >= 0.3 is 6.18 Å². The fourth-order valence-corrected chi connectivity index (χ4v) is 5.20. The number of alkyl halides is 3. The van der Waals surface area contributed by atoms with E-state index in [2.05, 4.69) is 17.0 Å². The van der Waals surface area contributed by atoms with Crippen molar-refractivity contribution in [3.05, 3.63) is 106 Å². The molecule has 3 aromatic rings. The summed E-state index contributed by atoms with van der Waals surface area (Å²) in [4.78, 5) is 17.3. The lowest BCUT2D eigenvalue weighted by Gasteiger charge is -2.36. The molecule has 0 spiro atoms. The van der Waals surface area contributed by atoms with Gasteiger partial charge in [0.2, 0.25) is 5.91 Å². The lowest BCUT2D eigenvalue weighted by Crippen LogP contribution is -2.50. The van der Waals surface area contributed by atoms with Gasteiger partial charge in [-0.1, -0.05) is 66.2 Å². The first kappa shape index (κ1) is 26.7. The van der Waals surface area contributed by atoms with Crippen molar-refractivity contribution < 1.29 is 22.7 Å². The van der Waals surface area contributed by atoms with Crippen LogP contribution in [0.3, 0.4) is 0 Å². The maximum Gasteiger partial charge on any atom is 0.416 e. The topological polar surface area (TPSA) is 32.8 Å². The molecule has 1 aliphatic heterocycles. The zero-order chi connectivity index (χ0) is 26.7. The van der Waals surface area contributed by atoms with Crippen LogP contribution < -0.4 is 0 Å². The highest BCUT2D eigenvalue weighted by atomic mass is 35.5. The van der Waals surface area contributed by atoms with Crippen LogP contribution in [-0.4, -0.2) is 48.4 Å². The van der Waals surface area contributed by atoms with Gasteiger partial charge in [0.05, 0.1) is 18.3 Å². The van der Waals surface area contributed by atoms with Crippen molar-refractivity contribution in [3.8, 4) is 0 Å². The van der Waals surface area contributed by atoms with Gasteiger partial charge in [-0.15, -0.1) is 0 Å². The zero-order valence-electron chi connectivity index (χ0n) is 20.9. The first-order valence-corrected chi connectivity index (χ1v) is 13.2. The van der Waals surface area contributed by atoms with Crippen LogP contribution >= 0.6 is 11.6 Å². The van der Waals surface area contributed by atoms with Crippen LogP contribution in [0.2, 0.25) is 5.02 Å². The highest BCUT2D eigenvalue weighted by Gasteiger charge is 2.46. The molecular formula is C30H30ClF3N2O2. The Morgan fingerprint density at radius 1 is 0.921 bits per heavy atom. The van der Waals surface area contributed by atoms with Crippen molar-refractivity contribution in [2.45, 2.75) is 31.2 Å². The van der Waals surface area contributed by atoms with Gasteiger partial charge < -0.3 is 9.64 Å². The number of halogens is 4. The van der Waals surface area contributed by atoms with E-state index >= 15 is 0 Å². The van der Waals surface area contributed by atoms with Crippen molar-refractivity contribution >= 4 is 17.5 Å². The summed E-state index contributed by atoms with van der Waals surface area (Å²) in [6.07, 6.45) is -3.74. The molecule has 0 bridgehead atoms. The number of hydrogen-bond acceptors (Lipinski definition) is 3. The molecule has 0 aromatic heterocycles. The van der Waals surface area contributed by atoms with Gasteiger partial charge in [0.1, 0.15) is 0 Å². The van der Waals surface area contributed by atoms with Gasteiger partial charge in [-0.2, -0.15) is 13.2 Å². The molecule has 1 aliphatic carbocycles. The molecule has 5 rings (SSSR count). The molecule has 1 saturated heterocycles. The molecule has 3 atom stereocenters. The number of nitrogens with zero attached hydrogens (tertiary/aromatic N) is 2. The summed E-state index contributed by atoms with van der Waals surface area (Å²) in [6, 6.07) is 22.7. The van der Waals surface area contributed by atoms with E-state index in [1.54, 1.807) is 12.1 Å². The summed E-state index contributed by atoms with van der Waals surface area (Å²) < 4.78 is 44.9. The molecule has 1 heterocycles. The summed E-state index contributed by atoms with van der Waals surface area (Å²) in [5.41, 5.74) is 2.18. The molecule has 38 heavy (non-hydrogen) atoms. The van der Waals surface area contributed by atoms with E-state index in [1.165, 1.54) is 17.7 Å². The number of hydrogen-bond donors (Lipinski definition) is 0. The number of carbonyl (C=O) groups excluding carboxylic acids is 1. The fourth-order valence-electron chi connectivity index (χ4n) is 5.07. The van der Waals surface area contributed by atoms with Crippen LogP contribution in [0.1, 0.15) is 40.7 Å². The van der Waals surface area contributed by atoms with E-state index in [0.29, 0.717) is 36.1 Å². The average Bonchev–Trinajstić information content (AvgIpc) is 3.73. The van der Waals surface area contributed by atoms with Crippen LogP contribution in [0.15, 0.2) is 78.9 Å². The quantitative estimate of drug-likeness (QED) is 0.323. The van der Waals surface area contributed by atoms with Gasteiger partial charge in [-0.25, -0.2) is 0 Å². The molecule has 0 radical (unpaired) electrons. The third-order valence-corrected chi connectivity index (χ3v) is 7.67. The van der Waals surface area contributed by atoms with Crippen molar-refractivity contribution in [1.82, 2.24) is 9.80 Å². The highest BCUT2D eigenvalue weighted by molar-refractivity contribution is 6.30. The highest BCUT2D eigenvalue weighted by Crippen LogP contribution is 2.48. The predicted molar refractivity (Wildman–Crippen MR) is 141 cm³/mol. The van der Waals surface area contributed by atoms with E-state index in [-0.39, 0.29) is 24.5 Å². The smallest absolute Gasteiger partial charge is 0.368 e. The second-order valence-corrected chi connectivity index (χ2v) is 10.5. The molecule has 2 aliphatic rings. The van der Waals surface area contributed by atoms with E-state index in [0.717, 1.165) is 37.2 Å². The van der Waals surface area contributed by atoms with Gasteiger partial charge in [-0.3, -0.25) is 9.69 Å². The number of amides is 1. The third-order valence-electron chi connectivity index (χ3n) is 7.42. The molecule has 1 amide bonds. The minimum Gasteiger partial charge on any atom is -0.368 e. The molecule has 8 heteroatoms. The first-order chi connectivity index (χ1) is 18.3. The van der Waals surface area contributed by atoms with E-state index < -0.39 is 11.7 Å². The van der Waals surface area contributed by atoms with E-state index in [1.807, 2.05) is 35.2 Å². The van der Waals surface area contributed by atoms with Crippen LogP contribution in [0, 0.1) is 5.92 Å². The fraction of sp³-hybridized carbons (Fsp3) is 0.367. The summed E-state index contributed by atoms with van der Waals surface area (Å²) in [5, 5.41) is 0.622. The minimum atomic E-state index is -4.36. The lowest BCUT2D eigenvalue weighted by atomic mass is 10.1. The Morgan fingerprint density at radius 3 is 2.21 bits per heavy atom. The predicted octanol–water partition coefficient (Wildman–Crippen LogP) is 6.56. The Kier molecular flexibility index (Phi) is 8.07.